The van der Waals surface area contributed by atoms with Crippen molar-refractivity contribution in [3.63, 3.8) is 0 Å². The van der Waals surface area contributed by atoms with Crippen LogP contribution in [0.1, 0.15) is 38.5 Å². The molecule has 1 aliphatic carbocycles. The van der Waals surface area contributed by atoms with Crippen molar-refractivity contribution in [1.29, 1.82) is 0 Å². The zero-order valence-corrected chi connectivity index (χ0v) is 16.3. The second-order valence-corrected chi connectivity index (χ2v) is 9.14. The van der Waals surface area contributed by atoms with Gasteiger partial charge in [-0.2, -0.15) is 0 Å². The van der Waals surface area contributed by atoms with Crippen LogP contribution in [0, 0.1) is 0 Å². The molecule has 1 aromatic rings. The maximum Gasteiger partial charge on any atom is 0.293 e. The molecule has 3 N–H and O–H groups in total. The molecule has 0 bridgehead atoms. The van der Waals surface area contributed by atoms with Crippen molar-refractivity contribution < 1.29 is 18.2 Å². The van der Waals surface area contributed by atoms with Gasteiger partial charge in [0.15, 0.2) is 0 Å². The maximum atomic E-state index is 12.4. The Morgan fingerprint density at radius 3 is 2.44 bits per heavy atom. The molecule has 3 rings (SSSR count). The van der Waals surface area contributed by atoms with Gasteiger partial charge in [-0.15, -0.1) is 0 Å². The van der Waals surface area contributed by atoms with Gasteiger partial charge in [-0.05, 0) is 50.7 Å². The molecule has 9 heteroatoms. The molecule has 2 fully saturated rings. The third kappa shape index (κ3) is 5.31. The first-order chi connectivity index (χ1) is 13.0. The van der Waals surface area contributed by atoms with E-state index in [1.54, 1.807) is 35.2 Å². The summed E-state index contributed by atoms with van der Waals surface area (Å²) in [5, 5.41) is 12.6. The number of rotatable bonds is 7. The lowest BCUT2D eigenvalue weighted by molar-refractivity contribution is -0.130. The van der Waals surface area contributed by atoms with Crippen molar-refractivity contribution in [2.75, 3.05) is 13.1 Å². The summed E-state index contributed by atoms with van der Waals surface area (Å²) in [5.41, 5.74) is 0. The van der Waals surface area contributed by atoms with Gasteiger partial charge < -0.3 is 15.2 Å². The predicted molar refractivity (Wildman–Crippen MR) is 105 cm³/mol. The summed E-state index contributed by atoms with van der Waals surface area (Å²) in [6.07, 6.45) is 4.98. The first-order valence-electron chi connectivity index (χ1n) is 9.70. The summed E-state index contributed by atoms with van der Waals surface area (Å²) in [5.74, 6) is 0.000818. The largest absolute Gasteiger partial charge is 0.452 e. The lowest BCUT2D eigenvalue weighted by Gasteiger charge is -2.30. The van der Waals surface area contributed by atoms with Crippen LogP contribution in [-0.2, 0) is 14.8 Å². The summed E-state index contributed by atoms with van der Waals surface area (Å²) in [6, 6.07) is 8.57. The van der Waals surface area contributed by atoms with Gasteiger partial charge in [-0.1, -0.05) is 18.2 Å². The quantitative estimate of drug-likeness (QED) is 0.574. The molecule has 0 radical (unpaired) electrons. The topological polar surface area (TPSA) is 98.7 Å². The SMILES string of the molecule is O=C(CNC1CCC(NS(=O)(=O)c2ccccc2)CC1)N1CCC[C@H]1BO. The van der Waals surface area contributed by atoms with Crippen molar-refractivity contribution >= 4 is 23.4 Å². The molecule has 7 nitrogen and oxygen atoms in total. The molecule has 1 saturated carbocycles. The van der Waals surface area contributed by atoms with E-state index in [0.29, 0.717) is 4.90 Å². The fourth-order valence-corrected chi connectivity index (χ4v) is 5.32. The second-order valence-electron chi connectivity index (χ2n) is 7.43. The highest BCUT2D eigenvalue weighted by atomic mass is 32.2. The minimum atomic E-state index is -3.48. The number of nitrogens with zero attached hydrogens (tertiary/aromatic N) is 1. The van der Waals surface area contributed by atoms with Crippen LogP contribution in [0.3, 0.4) is 0 Å². The number of amides is 1. The highest BCUT2D eigenvalue weighted by Crippen LogP contribution is 2.21. The highest BCUT2D eigenvalue weighted by molar-refractivity contribution is 7.89. The monoisotopic (exact) mass is 393 g/mol. The first-order valence-corrected chi connectivity index (χ1v) is 11.2. The number of benzene rings is 1. The number of hydrogen-bond donors (Lipinski definition) is 3. The molecule has 1 saturated heterocycles. The first kappa shape index (κ1) is 20.3. The Hall–Kier alpha value is -1.42. The van der Waals surface area contributed by atoms with Crippen LogP contribution in [0.2, 0.25) is 0 Å². The number of carbonyl (C=O) groups excluding carboxylic acids is 1. The molecule has 0 spiro atoms. The van der Waals surface area contributed by atoms with E-state index in [2.05, 4.69) is 10.0 Å². The number of likely N-dealkylation sites (tertiary alicyclic amines) is 1. The Kier molecular flexibility index (Phi) is 6.91. The standard InChI is InChI=1S/C18H28BN3O4S/c23-18(22-12-4-7-17(22)19-24)13-20-14-8-10-15(11-9-14)21-27(25,26)16-5-2-1-3-6-16/h1-3,5-6,14-15,17,19-21,24H,4,7-13H2/t14?,15?,17-/m0/s1. The minimum Gasteiger partial charge on any atom is -0.452 e. The van der Waals surface area contributed by atoms with Crippen LogP contribution in [0.15, 0.2) is 35.2 Å². The van der Waals surface area contributed by atoms with E-state index < -0.39 is 10.0 Å². The molecular formula is C18H28BN3O4S. The molecule has 27 heavy (non-hydrogen) atoms. The molecular weight excluding hydrogens is 365 g/mol. The van der Waals surface area contributed by atoms with Gasteiger partial charge in [0.05, 0.1) is 11.4 Å². The van der Waals surface area contributed by atoms with E-state index in [0.717, 1.165) is 45.1 Å². The van der Waals surface area contributed by atoms with Crippen LogP contribution in [0.25, 0.3) is 0 Å². The molecule has 1 heterocycles. The van der Waals surface area contributed by atoms with E-state index in [9.17, 15) is 18.2 Å². The molecule has 148 valence electrons. The predicted octanol–water partition coefficient (Wildman–Crippen LogP) is 0.158. The average Bonchev–Trinajstić information content (AvgIpc) is 3.16. The summed E-state index contributed by atoms with van der Waals surface area (Å²) < 4.78 is 27.6. The van der Waals surface area contributed by atoms with Gasteiger partial charge >= 0.3 is 0 Å². The Morgan fingerprint density at radius 2 is 1.78 bits per heavy atom. The van der Waals surface area contributed by atoms with Gasteiger partial charge in [-0.25, -0.2) is 13.1 Å². The summed E-state index contributed by atoms with van der Waals surface area (Å²) in [6.45, 7) is 1.00. The lowest BCUT2D eigenvalue weighted by atomic mass is 9.86. The number of nitrogens with one attached hydrogen (secondary N) is 2. The summed E-state index contributed by atoms with van der Waals surface area (Å²) in [4.78, 5) is 14.4. The fraction of sp³-hybridized carbons (Fsp3) is 0.611. The summed E-state index contributed by atoms with van der Waals surface area (Å²) in [7, 11) is -3.45. The van der Waals surface area contributed by atoms with Gasteiger partial charge in [0.25, 0.3) is 7.48 Å². The van der Waals surface area contributed by atoms with E-state index in [4.69, 9.17) is 0 Å². The van der Waals surface area contributed by atoms with E-state index in [1.165, 1.54) is 0 Å². The van der Waals surface area contributed by atoms with Crippen molar-refractivity contribution in [1.82, 2.24) is 14.9 Å². The van der Waals surface area contributed by atoms with Gasteiger partial charge in [0.1, 0.15) is 0 Å². The summed E-state index contributed by atoms with van der Waals surface area (Å²) >= 11 is 0. The van der Waals surface area contributed by atoms with Gasteiger partial charge in [0.2, 0.25) is 15.9 Å². The van der Waals surface area contributed by atoms with Crippen LogP contribution < -0.4 is 10.0 Å². The normalized spacial score (nSPS) is 26.1. The van der Waals surface area contributed by atoms with Crippen LogP contribution >= 0.6 is 0 Å². The number of carbonyl (C=O) groups is 1. The van der Waals surface area contributed by atoms with E-state index in [1.807, 2.05) is 0 Å². The zero-order valence-electron chi connectivity index (χ0n) is 15.5. The van der Waals surface area contributed by atoms with E-state index in [-0.39, 0.29) is 38.0 Å². The Balaban J connectivity index is 1.42. The smallest absolute Gasteiger partial charge is 0.293 e. The fourth-order valence-electron chi connectivity index (χ4n) is 3.99. The molecule has 1 aromatic carbocycles. The van der Waals surface area contributed by atoms with Crippen molar-refractivity contribution in [3.05, 3.63) is 30.3 Å². The van der Waals surface area contributed by atoms with Crippen LogP contribution in [-0.4, -0.2) is 62.8 Å². The average molecular weight is 393 g/mol. The number of hydrogen-bond acceptors (Lipinski definition) is 5. The molecule has 0 aromatic heterocycles. The second kappa shape index (κ2) is 9.19. The van der Waals surface area contributed by atoms with E-state index >= 15 is 0 Å². The third-order valence-corrected chi connectivity index (χ3v) is 7.09. The van der Waals surface area contributed by atoms with Gasteiger partial charge in [-0.3, -0.25) is 4.79 Å². The van der Waals surface area contributed by atoms with Crippen molar-refractivity contribution in [2.24, 2.45) is 0 Å². The highest BCUT2D eigenvalue weighted by Gasteiger charge is 2.30. The zero-order chi connectivity index (χ0) is 19.3. The molecule has 0 unspecified atom stereocenters. The maximum absolute atomic E-state index is 12.4. The number of sulfonamides is 1. The molecule has 1 atom stereocenters. The lowest BCUT2D eigenvalue weighted by Crippen LogP contribution is -2.47. The third-order valence-electron chi connectivity index (χ3n) is 5.55. The Bertz CT molecular complexity index is 723. The Morgan fingerprint density at radius 1 is 1.11 bits per heavy atom. The molecule has 1 amide bonds. The van der Waals surface area contributed by atoms with Crippen molar-refractivity contribution in [3.8, 4) is 0 Å². The van der Waals surface area contributed by atoms with Crippen LogP contribution in [0.5, 0.6) is 0 Å². The van der Waals surface area contributed by atoms with Gasteiger partial charge in [0, 0.05) is 24.6 Å². The van der Waals surface area contributed by atoms with Crippen molar-refractivity contribution in [2.45, 2.75) is 61.4 Å². The van der Waals surface area contributed by atoms with Crippen LogP contribution in [0.4, 0.5) is 0 Å². The molecule has 1 aliphatic heterocycles. The Labute approximate surface area is 161 Å². The molecule has 2 aliphatic rings. The minimum absolute atomic E-state index is 0.0262.